The Hall–Kier alpha value is -3.41. The molecule has 0 radical (unpaired) electrons. The van der Waals surface area contributed by atoms with Crippen LogP contribution < -0.4 is 10.1 Å². The van der Waals surface area contributed by atoms with Crippen molar-refractivity contribution in [2.24, 2.45) is 0 Å². The molecule has 2 aromatic carbocycles. The monoisotopic (exact) mass is 390 g/mol. The molecule has 6 heteroatoms. The number of hydrogen-bond acceptors (Lipinski definition) is 5. The van der Waals surface area contributed by atoms with E-state index in [9.17, 15) is 9.59 Å². The van der Waals surface area contributed by atoms with Crippen molar-refractivity contribution in [3.05, 3.63) is 60.2 Å². The molecule has 3 aromatic rings. The van der Waals surface area contributed by atoms with Gasteiger partial charge in [0.15, 0.2) is 6.10 Å². The normalized spacial score (nSPS) is 14.3. The first-order valence-corrected chi connectivity index (χ1v) is 9.60. The van der Waals surface area contributed by atoms with Crippen molar-refractivity contribution >= 4 is 22.8 Å². The molecule has 4 rings (SSSR count). The third kappa shape index (κ3) is 4.21. The van der Waals surface area contributed by atoms with Gasteiger partial charge in [0.2, 0.25) is 0 Å². The van der Waals surface area contributed by atoms with E-state index in [-0.39, 0.29) is 11.9 Å². The van der Waals surface area contributed by atoms with Crippen LogP contribution in [0.15, 0.2) is 54.6 Å². The second kappa shape index (κ2) is 7.91. The van der Waals surface area contributed by atoms with Gasteiger partial charge in [-0.2, -0.15) is 0 Å². The predicted molar refractivity (Wildman–Crippen MR) is 110 cm³/mol. The lowest BCUT2D eigenvalue weighted by atomic mass is 10.0. The van der Waals surface area contributed by atoms with Crippen molar-refractivity contribution in [2.45, 2.75) is 31.9 Å². The molecule has 1 atom stereocenters. The zero-order chi connectivity index (χ0) is 20.4. The second-order valence-corrected chi connectivity index (χ2v) is 7.13. The van der Waals surface area contributed by atoms with E-state index in [1.54, 1.807) is 38.3 Å². The molecule has 148 valence electrons. The van der Waals surface area contributed by atoms with Gasteiger partial charge in [0.05, 0.1) is 23.9 Å². The summed E-state index contributed by atoms with van der Waals surface area (Å²) in [4.78, 5) is 29.9. The van der Waals surface area contributed by atoms with E-state index in [4.69, 9.17) is 9.47 Å². The van der Waals surface area contributed by atoms with Crippen LogP contribution in [-0.4, -0.2) is 36.1 Å². The standard InChI is InChI=1S/C23H22N2O4/c1-14(22(26)24-16-8-9-16)29-23(27)19-13-21(15-6-4-3-5-7-15)25-20-11-10-17(28-2)12-18(19)20/h3-7,10-14,16H,8-9H2,1-2H3,(H,24,26)/t14-/m0/s1. The zero-order valence-electron chi connectivity index (χ0n) is 16.3. The average molecular weight is 390 g/mol. The van der Waals surface area contributed by atoms with Crippen molar-refractivity contribution in [3.8, 4) is 17.0 Å². The van der Waals surface area contributed by atoms with Gasteiger partial charge in [-0.05, 0) is 44.0 Å². The summed E-state index contributed by atoms with van der Waals surface area (Å²) in [6.45, 7) is 1.58. The smallest absolute Gasteiger partial charge is 0.339 e. The second-order valence-electron chi connectivity index (χ2n) is 7.13. The van der Waals surface area contributed by atoms with Gasteiger partial charge < -0.3 is 14.8 Å². The molecule has 0 bridgehead atoms. The molecule has 0 saturated heterocycles. The van der Waals surface area contributed by atoms with E-state index < -0.39 is 12.1 Å². The Morgan fingerprint density at radius 2 is 1.86 bits per heavy atom. The number of nitrogens with one attached hydrogen (secondary N) is 1. The molecule has 1 N–H and O–H groups in total. The number of carbonyl (C=O) groups is 2. The predicted octanol–water partition coefficient (Wildman–Crippen LogP) is 3.73. The lowest BCUT2D eigenvalue weighted by Crippen LogP contribution is -2.37. The Labute approximate surface area is 168 Å². The Morgan fingerprint density at radius 1 is 1.10 bits per heavy atom. The van der Waals surface area contributed by atoms with Gasteiger partial charge in [0, 0.05) is 17.0 Å². The molecule has 1 fully saturated rings. The third-order valence-corrected chi connectivity index (χ3v) is 4.88. The van der Waals surface area contributed by atoms with Crippen molar-refractivity contribution in [3.63, 3.8) is 0 Å². The first-order chi connectivity index (χ1) is 14.0. The zero-order valence-corrected chi connectivity index (χ0v) is 16.3. The largest absolute Gasteiger partial charge is 0.497 e. The number of carbonyl (C=O) groups excluding carboxylic acids is 2. The molecular formula is C23H22N2O4. The highest BCUT2D eigenvalue weighted by Crippen LogP contribution is 2.28. The van der Waals surface area contributed by atoms with Crippen LogP contribution in [0.2, 0.25) is 0 Å². The first kappa shape index (κ1) is 18.9. The molecular weight excluding hydrogens is 368 g/mol. The summed E-state index contributed by atoms with van der Waals surface area (Å²) >= 11 is 0. The number of amides is 1. The summed E-state index contributed by atoms with van der Waals surface area (Å²) in [6, 6.07) is 16.9. The first-order valence-electron chi connectivity index (χ1n) is 9.60. The Balaban J connectivity index is 1.71. The highest BCUT2D eigenvalue weighted by Gasteiger charge is 2.28. The van der Waals surface area contributed by atoms with Crippen LogP contribution in [0.5, 0.6) is 5.75 Å². The fourth-order valence-electron chi connectivity index (χ4n) is 3.08. The summed E-state index contributed by atoms with van der Waals surface area (Å²) < 4.78 is 10.8. The molecule has 1 aromatic heterocycles. The van der Waals surface area contributed by atoms with Gasteiger partial charge >= 0.3 is 5.97 Å². The van der Waals surface area contributed by atoms with Gasteiger partial charge in [-0.15, -0.1) is 0 Å². The molecule has 1 amide bonds. The van der Waals surface area contributed by atoms with E-state index in [1.807, 2.05) is 30.3 Å². The van der Waals surface area contributed by atoms with Crippen LogP contribution in [-0.2, 0) is 9.53 Å². The number of pyridine rings is 1. The van der Waals surface area contributed by atoms with Crippen LogP contribution in [0.25, 0.3) is 22.2 Å². The van der Waals surface area contributed by atoms with Gasteiger partial charge in [-0.25, -0.2) is 9.78 Å². The highest BCUT2D eigenvalue weighted by atomic mass is 16.5. The molecule has 1 aliphatic carbocycles. The number of esters is 1. The van der Waals surface area contributed by atoms with Crippen LogP contribution in [0.1, 0.15) is 30.1 Å². The maximum atomic E-state index is 13.0. The van der Waals surface area contributed by atoms with Crippen molar-refractivity contribution in [1.29, 1.82) is 0 Å². The number of rotatable bonds is 6. The van der Waals surface area contributed by atoms with Crippen molar-refractivity contribution < 1.29 is 19.1 Å². The number of benzene rings is 2. The van der Waals surface area contributed by atoms with Crippen molar-refractivity contribution in [2.75, 3.05) is 7.11 Å². The Kier molecular flexibility index (Phi) is 5.16. The quantitative estimate of drug-likeness (QED) is 0.649. The van der Waals surface area contributed by atoms with E-state index in [0.717, 1.165) is 18.4 Å². The third-order valence-electron chi connectivity index (χ3n) is 4.88. The number of ether oxygens (including phenoxy) is 2. The van der Waals surface area contributed by atoms with Gasteiger partial charge in [-0.3, -0.25) is 4.79 Å². The number of methoxy groups -OCH3 is 1. The molecule has 0 unspecified atom stereocenters. The maximum absolute atomic E-state index is 13.0. The van der Waals surface area contributed by atoms with Crippen LogP contribution in [0, 0.1) is 0 Å². The fourth-order valence-corrected chi connectivity index (χ4v) is 3.08. The van der Waals surface area contributed by atoms with E-state index in [0.29, 0.717) is 27.9 Å². The molecule has 1 heterocycles. The highest BCUT2D eigenvalue weighted by molar-refractivity contribution is 6.05. The molecule has 0 aliphatic heterocycles. The lowest BCUT2D eigenvalue weighted by Gasteiger charge is -2.15. The van der Waals surface area contributed by atoms with Crippen LogP contribution in [0.3, 0.4) is 0 Å². The van der Waals surface area contributed by atoms with E-state index in [2.05, 4.69) is 10.3 Å². The molecule has 0 spiro atoms. The number of aromatic nitrogens is 1. The topological polar surface area (TPSA) is 77.5 Å². The summed E-state index contributed by atoms with van der Waals surface area (Å²) in [6.07, 6.45) is 1.07. The minimum Gasteiger partial charge on any atom is -0.497 e. The molecule has 1 saturated carbocycles. The van der Waals surface area contributed by atoms with Gasteiger partial charge in [0.25, 0.3) is 5.91 Å². The van der Waals surface area contributed by atoms with Crippen LogP contribution in [0.4, 0.5) is 0 Å². The van der Waals surface area contributed by atoms with Crippen molar-refractivity contribution in [1.82, 2.24) is 10.3 Å². The molecule has 1 aliphatic rings. The van der Waals surface area contributed by atoms with Gasteiger partial charge in [0.1, 0.15) is 5.75 Å². The number of fused-ring (bicyclic) bond motifs is 1. The lowest BCUT2D eigenvalue weighted by molar-refractivity contribution is -0.129. The van der Waals surface area contributed by atoms with Gasteiger partial charge in [-0.1, -0.05) is 30.3 Å². The summed E-state index contributed by atoms with van der Waals surface area (Å²) in [5.41, 5.74) is 2.54. The minimum absolute atomic E-state index is 0.208. The summed E-state index contributed by atoms with van der Waals surface area (Å²) in [5, 5.41) is 3.47. The summed E-state index contributed by atoms with van der Waals surface area (Å²) in [5.74, 6) is -0.235. The fraction of sp³-hybridized carbons (Fsp3) is 0.261. The number of nitrogens with zero attached hydrogens (tertiary/aromatic N) is 1. The maximum Gasteiger partial charge on any atom is 0.339 e. The van der Waals surface area contributed by atoms with E-state index in [1.165, 1.54) is 0 Å². The number of hydrogen-bond donors (Lipinski definition) is 1. The summed E-state index contributed by atoms with van der Waals surface area (Å²) in [7, 11) is 1.56. The SMILES string of the molecule is COc1ccc2nc(-c3ccccc3)cc(C(=O)O[C@@H](C)C(=O)NC3CC3)c2c1. The average Bonchev–Trinajstić information content (AvgIpc) is 3.57. The van der Waals surface area contributed by atoms with E-state index >= 15 is 0 Å². The Bertz CT molecular complexity index is 1060. The molecule has 29 heavy (non-hydrogen) atoms. The minimum atomic E-state index is -0.878. The Morgan fingerprint density at radius 3 is 2.55 bits per heavy atom. The molecule has 6 nitrogen and oxygen atoms in total. The van der Waals surface area contributed by atoms with Crippen LogP contribution >= 0.6 is 0 Å².